The molecule has 0 heterocycles. The maximum absolute atomic E-state index is 4.70. The van der Waals surface area contributed by atoms with Crippen LogP contribution in [0.25, 0.3) is 0 Å². The van der Waals surface area contributed by atoms with Gasteiger partial charge in [-0.2, -0.15) is 5.10 Å². The number of hydrazone groups is 1. The van der Waals surface area contributed by atoms with E-state index in [0.717, 1.165) is 13.0 Å². The Hall–Kier alpha value is -0.530. The summed E-state index contributed by atoms with van der Waals surface area (Å²) in [5, 5.41) is 6.98. The van der Waals surface area contributed by atoms with Gasteiger partial charge in [0.05, 0.1) is 0 Å². The summed E-state index contributed by atoms with van der Waals surface area (Å²) in [6.45, 7) is 12.2. The second kappa shape index (κ2) is 8.75. The van der Waals surface area contributed by atoms with Gasteiger partial charge >= 0.3 is 0 Å². The summed E-state index contributed by atoms with van der Waals surface area (Å²) < 4.78 is 0. The molecule has 1 atom stereocenters. The highest BCUT2D eigenvalue weighted by Crippen LogP contribution is 2.09. The molecule has 0 aliphatic heterocycles. The molecule has 0 spiro atoms. The first-order valence-electron chi connectivity index (χ1n) is 6.46. The molecular weight excluding hydrogens is 184 g/mol. The molecule has 2 heteroatoms. The van der Waals surface area contributed by atoms with Gasteiger partial charge in [-0.05, 0) is 33.1 Å². The molecule has 15 heavy (non-hydrogen) atoms. The first kappa shape index (κ1) is 14.5. The van der Waals surface area contributed by atoms with E-state index in [1.165, 1.54) is 31.4 Å². The summed E-state index contributed by atoms with van der Waals surface area (Å²) in [5.74, 6) is 0. The predicted octanol–water partition coefficient (Wildman–Crippen LogP) is 4.06. The van der Waals surface area contributed by atoms with Crippen LogP contribution in [-0.2, 0) is 0 Å². The van der Waals surface area contributed by atoms with Gasteiger partial charge in [0, 0.05) is 18.3 Å². The summed E-state index contributed by atoms with van der Waals surface area (Å²) in [7, 11) is 0. The maximum atomic E-state index is 4.70. The van der Waals surface area contributed by atoms with Gasteiger partial charge in [-0.15, -0.1) is 0 Å². The van der Waals surface area contributed by atoms with E-state index in [9.17, 15) is 0 Å². The zero-order valence-corrected chi connectivity index (χ0v) is 11.2. The minimum absolute atomic E-state index is 0.586. The Morgan fingerprint density at radius 1 is 1.20 bits per heavy atom. The Balaban J connectivity index is 4.28. The number of rotatable bonds is 8. The molecule has 0 fully saturated rings. The lowest BCUT2D eigenvalue weighted by Crippen LogP contribution is -2.30. The van der Waals surface area contributed by atoms with Crippen molar-refractivity contribution in [3.63, 3.8) is 0 Å². The molecule has 90 valence electrons. The zero-order chi connectivity index (χ0) is 11.7. The molecule has 0 aromatic heterocycles. The lowest BCUT2D eigenvalue weighted by molar-refractivity contribution is 0.204. The van der Waals surface area contributed by atoms with Crippen molar-refractivity contribution in [3.05, 3.63) is 0 Å². The van der Waals surface area contributed by atoms with Gasteiger partial charge in [-0.3, -0.25) is 5.01 Å². The van der Waals surface area contributed by atoms with E-state index < -0.39 is 0 Å². The quantitative estimate of drug-likeness (QED) is 0.437. The lowest BCUT2D eigenvalue weighted by atomic mass is 10.2. The molecule has 0 aromatic carbocycles. The SMILES string of the molecule is CCCCN(N=C(C)CC)C(C)CCC. The number of unbranched alkanes of at least 4 members (excludes halogenated alkanes) is 1. The zero-order valence-electron chi connectivity index (χ0n) is 11.2. The van der Waals surface area contributed by atoms with Crippen molar-refractivity contribution in [2.45, 2.75) is 72.8 Å². The Morgan fingerprint density at radius 2 is 1.87 bits per heavy atom. The standard InChI is InChI=1S/C13H28N2/c1-6-9-11-15(13(5)10-7-2)14-12(4)8-3/h13H,6-11H2,1-5H3. The highest BCUT2D eigenvalue weighted by molar-refractivity contribution is 5.81. The van der Waals surface area contributed by atoms with E-state index in [1.807, 2.05) is 0 Å². The van der Waals surface area contributed by atoms with Gasteiger partial charge in [0.1, 0.15) is 0 Å². The van der Waals surface area contributed by atoms with E-state index in [4.69, 9.17) is 5.10 Å². The Labute approximate surface area is 95.7 Å². The van der Waals surface area contributed by atoms with Crippen molar-refractivity contribution in [1.82, 2.24) is 5.01 Å². The maximum Gasteiger partial charge on any atom is 0.0442 e. The van der Waals surface area contributed by atoms with Crippen LogP contribution < -0.4 is 0 Å². The molecular formula is C13H28N2. The molecule has 0 aromatic rings. The molecule has 0 radical (unpaired) electrons. The van der Waals surface area contributed by atoms with Crippen molar-refractivity contribution in [3.8, 4) is 0 Å². The number of hydrogen-bond donors (Lipinski definition) is 0. The van der Waals surface area contributed by atoms with Crippen molar-refractivity contribution < 1.29 is 0 Å². The molecule has 2 nitrogen and oxygen atoms in total. The van der Waals surface area contributed by atoms with Gasteiger partial charge in [0.15, 0.2) is 0 Å². The number of nitrogens with zero attached hydrogens (tertiary/aromatic N) is 2. The second-order valence-electron chi connectivity index (χ2n) is 4.34. The van der Waals surface area contributed by atoms with Crippen LogP contribution in [0.3, 0.4) is 0 Å². The first-order chi connectivity index (χ1) is 7.15. The van der Waals surface area contributed by atoms with Gasteiger partial charge in [-0.1, -0.05) is 33.6 Å². The van der Waals surface area contributed by atoms with E-state index in [1.54, 1.807) is 0 Å². The van der Waals surface area contributed by atoms with E-state index in [0.29, 0.717) is 6.04 Å². The topological polar surface area (TPSA) is 15.6 Å². The summed E-state index contributed by atoms with van der Waals surface area (Å²) in [4.78, 5) is 0. The third-order valence-corrected chi connectivity index (χ3v) is 2.77. The van der Waals surface area contributed by atoms with E-state index in [-0.39, 0.29) is 0 Å². The molecule has 0 N–H and O–H groups in total. The third kappa shape index (κ3) is 6.53. The summed E-state index contributed by atoms with van der Waals surface area (Å²) in [5.41, 5.74) is 1.24. The Bertz CT molecular complexity index is 175. The molecule has 0 aliphatic rings. The van der Waals surface area contributed by atoms with Gasteiger partial charge in [0.25, 0.3) is 0 Å². The largest absolute Gasteiger partial charge is 0.294 e. The predicted molar refractivity (Wildman–Crippen MR) is 69.4 cm³/mol. The third-order valence-electron chi connectivity index (χ3n) is 2.77. The van der Waals surface area contributed by atoms with Crippen LogP contribution in [0.5, 0.6) is 0 Å². The highest BCUT2D eigenvalue weighted by atomic mass is 15.5. The van der Waals surface area contributed by atoms with Gasteiger partial charge in [0.2, 0.25) is 0 Å². The van der Waals surface area contributed by atoms with Gasteiger partial charge in [-0.25, -0.2) is 0 Å². The second-order valence-corrected chi connectivity index (χ2v) is 4.34. The van der Waals surface area contributed by atoms with Crippen molar-refractivity contribution in [2.24, 2.45) is 5.10 Å². The lowest BCUT2D eigenvalue weighted by Gasteiger charge is -2.26. The monoisotopic (exact) mass is 212 g/mol. The van der Waals surface area contributed by atoms with Gasteiger partial charge < -0.3 is 0 Å². The van der Waals surface area contributed by atoms with Crippen LogP contribution in [-0.4, -0.2) is 23.3 Å². The molecule has 0 bridgehead atoms. The molecule has 1 unspecified atom stereocenters. The van der Waals surface area contributed by atoms with Crippen molar-refractivity contribution in [1.29, 1.82) is 0 Å². The fraction of sp³-hybridized carbons (Fsp3) is 0.923. The van der Waals surface area contributed by atoms with Crippen molar-refractivity contribution >= 4 is 5.71 Å². The van der Waals surface area contributed by atoms with Crippen LogP contribution in [0.15, 0.2) is 5.10 Å². The molecule has 0 saturated carbocycles. The van der Waals surface area contributed by atoms with Crippen LogP contribution in [0.1, 0.15) is 66.7 Å². The van der Waals surface area contributed by atoms with Crippen LogP contribution >= 0.6 is 0 Å². The smallest absolute Gasteiger partial charge is 0.0442 e. The minimum atomic E-state index is 0.586. The normalized spacial score (nSPS) is 14.1. The fourth-order valence-corrected chi connectivity index (χ4v) is 1.55. The molecule has 0 saturated heterocycles. The van der Waals surface area contributed by atoms with E-state index in [2.05, 4.69) is 39.6 Å². The average Bonchev–Trinajstić information content (AvgIpc) is 2.24. The van der Waals surface area contributed by atoms with E-state index >= 15 is 0 Å². The summed E-state index contributed by atoms with van der Waals surface area (Å²) >= 11 is 0. The highest BCUT2D eigenvalue weighted by Gasteiger charge is 2.09. The Morgan fingerprint density at radius 3 is 2.33 bits per heavy atom. The summed E-state index contributed by atoms with van der Waals surface area (Å²) in [6.07, 6.45) is 6.03. The van der Waals surface area contributed by atoms with Crippen LogP contribution in [0.2, 0.25) is 0 Å². The first-order valence-corrected chi connectivity index (χ1v) is 6.46. The fourth-order valence-electron chi connectivity index (χ4n) is 1.55. The molecule has 0 rings (SSSR count). The molecule has 0 amide bonds. The minimum Gasteiger partial charge on any atom is -0.294 e. The average molecular weight is 212 g/mol. The number of hydrogen-bond acceptors (Lipinski definition) is 2. The van der Waals surface area contributed by atoms with Crippen molar-refractivity contribution in [2.75, 3.05) is 6.54 Å². The van der Waals surface area contributed by atoms with Crippen LogP contribution in [0, 0.1) is 0 Å². The van der Waals surface area contributed by atoms with Crippen LogP contribution in [0.4, 0.5) is 0 Å². The Kier molecular flexibility index (Phi) is 8.44. The summed E-state index contributed by atoms with van der Waals surface area (Å²) in [6, 6.07) is 0.586. The molecule has 0 aliphatic carbocycles.